The first-order valence-electron chi connectivity index (χ1n) is 10.5. The number of amides is 1. The van der Waals surface area contributed by atoms with Gasteiger partial charge >= 0.3 is 5.97 Å². The zero-order chi connectivity index (χ0) is 23.5. The van der Waals surface area contributed by atoms with Crippen molar-refractivity contribution in [2.45, 2.75) is 31.2 Å². The molecule has 0 bridgehead atoms. The molecule has 0 saturated heterocycles. The predicted octanol–water partition coefficient (Wildman–Crippen LogP) is 3.92. The number of carbonyl (C=O) groups is 3. The second kappa shape index (κ2) is 9.96. The molecule has 1 amide bonds. The van der Waals surface area contributed by atoms with Crippen LogP contribution in [0.1, 0.15) is 62.4 Å². The topological polar surface area (TPSA) is 93.9 Å². The summed E-state index contributed by atoms with van der Waals surface area (Å²) >= 11 is 3.25. The molecule has 0 saturated carbocycles. The predicted molar refractivity (Wildman–Crippen MR) is 128 cm³/mol. The van der Waals surface area contributed by atoms with E-state index < -0.39 is 5.97 Å². The van der Waals surface area contributed by atoms with Crippen molar-refractivity contribution in [1.29, 1.82) is 0 Å². The summed E-state index contributed by atoms with van der Waals surface area (Å²) in [5.41, 5.74) is 2.35. The van der Waals surface area contributed by atoms with Gasteiger partial charge < -0.3 is 9.64 Å². The summed E-state index contributed by atoms with van der Waals surface area (Å²) in [6.45, 7) is 2.59. The monoisotopic (exact) mass is 484 g/mol. The number of rotatable bonds is 9. The minimum Gasteiger partial charge on any atom is -0.464 e. The van der Waals surface area contributed by atoms with Gasteiger partial charge in [-0.3, -0.25) is 14.0 Å². The van der Waals surface area contributed by atoms with Crippen LogP contribution in [0.2, 0.25) is 0 Å². The standard InChI is InChI=1S/C23H24N4O4S2/c1-4-5-10-32-13-33-19-17(23(30)31-3)25-20(27-9-8-24-21(19)27)18(28)14-6-7-16-15(11-14)12-26(2)22(16)29/h6-9,11H,4-5,10,12-13H2,1-3H3. The van der Waals surface area contributed by atoms with Crippen molar-refractivity contribution in [3.05, 3.63) is 58.8 Å². The first-order chi connectivity index (χ1) is 16.0. The zero-order valence-corrected chi connectivity index (χ0v) is 20.3. The van der Waals surface area contributed by atoms with Gasteiger partial charge in [-0.1, -0.05) is 19.4 Å². The Balaban J connectivity index is 1.73. The third-order valence-electron chi connectivity index (χ3n) is 5.37. The van der Waals surface area contributed by atoms with Gasteiger partial charge in [-0.2, -0.15) is 11.8 Å². The van der Waals surface area contributed by atoms with Crippen molar-refractivity contribution in [3.63, 3.8) is 0 Å². The third kappa shape index (κ3) is 4.49. The molecule has 1 aliphatic rings. The molecular weight excluding hydrogens is 460 g/mol. The number of ketones is 1. The van der Waals surface area contributed by atoms with E-state index in [1.54, 1.807) is 58.7 Å². The number of aromatic nitrogens is 3. The minimum absolute atomic E-state index is 0.0646. The molecule has 4 rings (SSSR count). The van der Waals surface area contributed by atoms with Crippen molar-refractivity contribution >= 4 is 46.8 Å². The molecule has 0 unspecified atom stereocenters. The van der Waals surface area contributed by atoms with Crippen LogP contribution >= 0.6 is 23.5 Å². The number of carbonyl (C=O) groups excluding carboxylic acids is 3. The molecule has 2 aromatic heterocycles. The molecule has 0 atom stereocenters. The lowest BCUT2D eigenvalue weighted by atomic mass is 10.0. The van der Waals surface area contributed by atoms with Gasteiger partial charge in [-0.25, -0.2) is 14.8 Å². The van der Waals surface area contributed by atoms with Crippen molar-refractivity contribution in [1.82, 2.24) is 19.3 Å². The summed E-state index contributed by atoms with van der Waals surface area (Å²) in [6.07, 6.45) is 5.50. The van der Waals surface area contributed by atoms with Gasteiger partial charge in [0.25, 0.3) is 5.91 Å². The van der Waals surface area contributed by atoms with Gasteiger partial charge in [-0.15, -0.1) is 11.8 Å². The van der Waals surface area contributed by atoms with Crippen LogP contribution in [-0.4, -0.2) is 61.9 Å². The highest BCUT2D eigenvalue weighted by Gasteiger charge is 2.28. The molecule has 0 aliphatic carbocycles. The lowest BCUT2D eigenvalue weighted by Gasteiger charge is -2.12. The molecular formula is C23H24N4O4S2. The van der Waals surface area contributed by atoms with E-state index >= 15 is 0 Å². The highest BCUT2D eigenvalue weighted by Crippen LogP contribution is 2.31. The first kappa shape index (κ1) is 23.3. The second-order valence-corrected chi connectivity index (χ2v) is 10.1. The summed E-state index contributed by atoms with van der Waals surface area (Å²) in [5, 5.41) is 0.730. The van der Waals surface area contributed by atoms with Crippen LogP contribution in [0.5, 0.6) is 0 Å². The second-order valence-electron chi connectivity index (χ2n) is 7.61. The van der Waals surface area contributed by atoms with E-state index in [2.05, 4.69) is 16.9 Å². The van der Waals surface area contributed by atoms with E-state index in [-0.39, 0.29) is 23.2 Å². The average Bonchev–Trinajstić information content (AvgIpc) is 3.42. The molecule has 1 aliphatic heterocycles. The maximum atomic E-state index is 13.5. The van der Waals surface area contributed by atoms with E-state index in [4.69, 9.17) is 4.74 Å². The van der Waals surface area contributed by atoms with Gasteiger partial charge in [0.2, 0.25) is 5.78 Å². The van der Waals surface area contributed by atoms with Gasteiger partial charge in [0.1, 0.15) is 0 Å². The molecule has 0 radical (unpaired) electrons. The average molecular weight is 485 g/mol. The Morgan fingerprint density at radius 3 is 2.85 bits per heavy atom. The maximum absolute atomic E-state index is 13.5. The van der Waals surface area contributed by atoms with Gasteiger partial charge in [-0.05, 0) is 29.9 Å². The van der Waals surface area contributed by atoms with E-state index in [1.807, 2.05) is 0 Å². The first-order valence-corrected chi connectivity index (χ1v) is 12.7. The van der Waals surface area contributed by atoms with E-state index in [9.17, 15) is 14.4 Å². The van der Waals surface area contributed by atoms with Crippen LogP contribution in [-0.2, 0) is 11.3 Å². The van der Waals surface area contributed by atoms with Gasteiger partial charge in [0.05, 0.1) is 12.0 Å². The molecule has 172 valence electrons. The number of ether oxygens (including phenoxy) is 1. The van der Waals surface area contributed by atoms with E-state index in [0.717, 1.165) is 29.2 Å². The van der Waals surface area contributed by atoms with Crippen molar-refractivity contribution in [2.24, 2.45) is 0 Å². The third-order valence-corrected chi connectivity index (χ3v) is 7.75. The fourth-order valence-electron chi connectivity index (χ4n) is 3.63. The molecule has 0 spiro atoms. The smallest absolute Gasteiger partial charge is 0.358 e. The molecule has 3 heterocycles. The number of hydrogen-bond acceptors (Lipinski definition) is 8. The van der Waals surface area contributed by atoms with Crippen LogP contribution in [0.15, 0.2) is 35.5 Å². The van der Waals surface area contributed by atoms with Crippen molar-refractivity contribution in [3.8, 4) is 0 Å². The summed E-state index contributed by atoms with van der Waals surface area (Å²) < 4.78 is 6.57. The Morgan fingerprint density at radius 1 is 1.27 bits per heavy atom. The number of hydrogen-bond donors (Lipinski definition) is 0. The number of nitrogens with zero attached hydrogens (tertiary/aromatic N) is 4. The largest absolute Gasteiger partial charge is 0.464 e. The molecule has 0 fully saturated rings. The number of esters is 1. The Bertz CT molecular complexity index is 1240. The van der Waals surface area contributed by atoms with Crippen LogP contribution in [0.3, 0.4) is 0 Å². The number of benzene rings is 1. The highest BCUT2D eigenvalue weighted by molar-refractivity contribution is 8.16. The highest BCUT2D eigenvalue weighted by atomic mass is 32.2. The van der Waals surface area contributed by atoms with Crippen LogP contribution < -0.4 is 0 Å². The molecule has 10 heteroatoms. The molecule has 1 aromatic carbocycles. The molecule has 3 aromatic rings. The summed E-state index contributed by atoms with van der Waals surface area (Å²) in [5.74, 6) is 0.0642. The van der Waals surface area contributed by atoms with E-state index in [0.29, 0.717) is 28.2 Å². The van der Waals surface area contributed by atoms with Gasteiger partial charge in [0.15, 0.2) is 17.2 Å². The van der Waals surface area contributed by atoms with Gasteiger partial charge in [0, 0.05) is 42.2 Å². The number of fused-ring (bicyclic) bond motifs is 2. The maximum Gasteiger partial charge on any atom is 0.358 e. The van der Waals surface area contributed by atoms with Crippen LogP contribution in [0, 0.1) is 0 Å². The fraction of sp³-hybridized carbons (Fsp3) is 0.348. The number of methoxy groups -OCH3 is 1. The zero-order valence-electron chi connectivity index (χ0n) is 18.7. The summed E-state index contributed by atoms with van der Waals surface area (Å²) in [7, 11) is 3.01. The quantitative estimate of drug-likeness (QED) is 0.148. The molecule has 8 nitrogen and oxygen atoms in total. The number of imidazole rings is 1. The SMILES string of the molecule is CCCCSCSc1c(C(=O)OC)nc(C(=O)c2ccc3c(c2)CN(C)C3=O)n2ccnc12. The fourth-order valence-corrected chi connectivity index (χ4v) is 5.94. The Morgan fingerprint density at radius 2 is 2.09 bits per heavy atom. The molecule has 0 N–H and O–H groups in total. The van der Waals surface area contributed by atoms with E-state index in [1.165, 1.54) is 18.9 Å². The normalized spacial score (nSPS) is 12.9. The number of unbranched alkanes of at least 4 members (excludes halogenated alkanes) is 1. The van der Waals surface area contributed by atoms with Crippen LogP contribution in [0.4, 0.5) is 0 Å². The number of thioether (sulfide) groups is 2. The summed E-state index contributed by atoms with van der Waals surface area (Å²) in [6, 6.07) is 5.00. The summed E-state index contributed by atoms with van der Waals surface area (Å²) in [4.78, 5) is 49.3. The lowest BCUT2D eigenvalue weighted by Crippen LogP contribution is -2.17. The van der Waals surface area contributed by atoms with Crippen LogP contribution in [0.25, 0.3) is 5.65 Å². The Labute approximate surface area is 200 Å². The van der Waals surface area contributed by atoms with Crippen molar-refractivity contribution in [2.75, 3.05) is 25.0 Å². The Hall–Kier alpha value is -2.85. The molecule has 33 heavy (non-hydrogen) atoms. The minimum atomic E-state index is -0.614. The lowest BCUT2D eigenvalue weighted by molar-refractivity contribution is 0.0589. The Kier molecular flexibility index (Phi) is 7.04. The van der Waals surface area contributed by atoms with Crippen molar-refractivity contribution < 1.29 is 19.1 Å².